The maximum absolute atomic E-state index is 13.0. The van der Waals surface area contributed by atoms with Crippen LogP contribution in [0.4, 0.5) is 18.9 Å². The Kier molecular flexibility index (Phi) is 13.6. The van der Waals surface area contributed by atoms with Gasteiger partial charge in [-0.3, -0.25) is 19.3 Å². The van der Waals surface area contributed by atoms with Crippen molar-refractivity contribution in [1.29, 1.82) is 0 Å². The van der Waals surface area contributed by atoms with Crippen LogP contribution in [0, 0.1) is 0 Å². The van der Waals surface area contributed by atoms with E-state index in [0.717, 1.165) is 86.0 Å². The number of nitrogens with zero attached hydrogens (tertiary/aromatic N) is 3. The van der Waals surface area contributed by atoms with Crippen molar-refractivity contribution in [1.82, 2.24) is 20.4 Å². The topological polar surface area (TPSA) is 111 Å². The molecule has 0 aliphatic carbocycles. The van der Waals surface area contributed by atoms with Gasteiger partial charge >= 0.3 is 6.18 Å². The molecule has 302 valence electrons. The quantitative estimate of drug-likeness (QED) is 0.120. The Morgan fingerprint density at radius 3 is 2.29 bits per heavy atom. The van der Waals surface area contributed by atoms with Gasteiger partial charge in [-0.25, -0.2) is 0 Å². The second-order valence-corrected chi connectivity index (χ2v) is 14.2. The third-order valence-electron chi connectivity index (χ3n) is 10.3. The van der Waals surface area contributed by atoms with Gasteiger partial charge in [0.15, 0.2) is 0 Å². The molecule has 1 unspecified atom stereocenters. The van der Waals surface area contributed by atoms with Crippen molar-refractivity contribution in [2.24, 2.45) is 0 Å². The fourth-order valence-corrected chi connectivity index (χ4v) is 7.34. The van der Waals surface area contributed by atoms with Crippen LogP contribution in [0.2, 0.25) is 0 Å². The van der Waals surface area contributed by atoms with Gasteiger partial charge in [-0.1, -0.05) is 42.5 Å². The largest absolute Gasteiger partial charge is 0.457 e. The van der Waals surface area contributed by atoms with E-state index in [2.05, 4.69) is 50.8 Å². The number of benzene rings is 5. The summed E-state index contributed by atoms with van der Waals surface area (Å²) in [4.78, 5) is 53.5. The minimum atomic E-state index is -4.37. The molecule has 2 N–H and O–H groups in total. The summed E-state index contributed by atoms with van der Waals surface area (Å²) < 4.78 is 43.3. The van der Waals surface area contributed by atoms with Gasteiger partial charge in [-0.2, -0.15) is 13.2 Å². The summed E-state index contributed by atoms with van der Waals surface area (Å²) in [6.45, 7) is 6.01. The lowest BCUT2D eigenvalue weighted by molar-refractivity contribution is -0.137. The van der Waals surface area contributed by atoms with Gasteiger partial charge in [0.05, 0.1) is 5.56 Å². The predicted molar refractivity (Wildman–Crippen MR) is 217 cm³/mol. The normalized spacial score (nSPS) is 14.7. The maximum atomic E-state index is 13.0. The number of likely N-dealkylation sites (N-methyl/N-ethyl adjacent to an activating group) is 1. The van der Waals surface area contributed by atoms with Gasteiger partial charge in [0, 0.05) is 81.5 Å². The first-order chi connectivity index (χ1) is 28.0. The molecular formula is C45H46F3N5O5. The van der Waals surface area contributed by atoms with E-state index in [4.69, 9.17) is 4.74 Å². The fraction of sp³-hybridized carbons (Fsp3) is 0.289. The first-order valence-corrected chi connectivity index (χ1v) is 19.1. The van der Waals surface area contributed by atoms with Crippen molar-refractivity contribution >= 4 is 40.8 Å². The van der Waals surface area contributed by atoms with Gasteiger partial charge in [0.2, 0.25) is 5.91 Å². The molecule has 10 nitrogen and oxygen atoms in total. The van der Waals surface area contributed by atoms with Gasteiger partial charge in [0.25, 0.3) is 5.91 Å². The molecule has 0 aromatic heterocycles. The number of ether oxygens (including phenoxy) is 1. The molecule has 7 rings (SSSR count). The van der Waals surface area contributed by atoms with Gasteiger partial charge in [-0.15, -0.1) is 0 Å². The Morgan fingerprint density at radius 1 is 0.862 bits per heavy atom. The average Bonchev–Trinajstić information content (AvgIpc) is 3.56. The zero-order valence-electron chi connectivity index (χ0n) is 32.4. The van der Waals surface area contributed by atoms with E-state index >= 15 is 0 Å². The maximum Gasteiger partial charge on any atom is 0.416 e. The van der Waals surface area contributed by atoms with Gasteiger partial charge in [-0.05, 0) is 96.2 Å². The molecule has 1 saturated heterocycles. The Bertz CT molecular complexity index is 2240. The van der Waals surface area contributed by atoms with E-state index in [1.54, 1.807) is 42.3 Å². The van der Waals surface area contributed by atoms with Crippen LogP contribution in [0.5, 0.6) is 11.5 Å². The lowest BCUT2D eigenvalue weighted by Crippen LogP contribution is -2.46. The van der Waals surface area contributed by atoms with Crippen molar-refractivity contribution < 1.29 is 37.1 Å². The molecule has 2 heterocycles. The standard InChI is InChI=1S/C27H35N5O3.C18H11F3O2/c1-28-17-20-5-3-6-21(15-20)18-30-10-12-31(13-11-30)23-8-9-24-22(16-23)19-32(27(24)35)25(7-4-14-33)26(34)29-2;19-18(20,21)14-5-7-15(8-6-14)23-17-3-1-2-13-10-12(11-22)4-9-16(13)17/h3,5-6,8-9,14-16,25,28H,4,7,10-13,17-19H2,1-2H3,(H,29,34);1-11H. The van der Waals surface area contributed by atoms with Crippen LogP contribution in [0.15, 0.2) is 103 Å². The second kappa shape index (κ2) is 18.9. The number of hydrogen-bond donors (Lipinski definition) is 2. The lowest BCUT2D eigenvalue weighted by Gasteiger charge is -2.36. The smallest absolute Gasteiger partial charge is 0.416 e. The highest BCUT2D eigenvalue weighted by atomic mass is 19.4. The SMILES string of the molecule is CNCc1cccc(CN2CCN(c3ccc4c(c3)CN(C(CCC=O)C(=O)NC)C4=O)CC2)c1.O=Cc1ccc2c(Oc3ccc(C(F)(F)F)cc3)cccc2c1. The van der Waals surface area contributed by atoms with Crippen LogP contribution in [-0.2, 0) is 35.4 Å². The number of fused-ring (bicyclic) bond motifs is 2. The summed E-state index contributed by atoms with van der Waals surface area (Å²) in [6, 6.07) is 29.0. The molecule has 2 aliphatic rings. The summed E-state index contributed by atoms with van der Waals surface area (Å²) in [5.74, 6) is 0.446. The predicted octanol–water partition coefficient (Wildman–Crippen LogP) is 7.24. The summed E-state index contributed by atoms with van der Waals surface area (Å²) in [6.07, 6.45) is -2.25. The molecule has 58 heavy (non-hydrogen) atoms. The monoisotopic (exact) mass is 793 g/mol. The molecular weight excluding hydrogens is 748 g/mol. The molecule has 2 aliphatic heterocycles. The van der Waals surface area contributed by atoms with E-state index in [9.17, 15) is 32.3 Å². The highest BCUT2D eigenvalue weighted by molar-refractivity contribution is 6.01. The number of carbonyl (C=O) groups is 4. The Hall–Kier alpha value is -6.05. The molecule has 0 saturated carbocycles. The third-order valence-corrected chi connectivity index (χ3v) is 10.3. The van der Waals surface area contributed by atoms with Gasteiger partial charge in [0.1, 0.15) is 30.1 Å². The molecule has 1 fully saturated rings. The first kappa shape index (κ1) is 41.6. The van der Waals surface area contributed by atoms with E-state index < -0.39 is 17.8 Å². The van der Waals surface area contributed by atoms with E-state index in [0.29, 0.717) is 35.6 Å². The zero-order valence-corrected chi connectivity index (χ0v) is 32.4. The molecule has 0 bridgehead atoms. The first-order valence-electron chi connectivity index (χ1n) is 19.1. The number of alkyl halides is 3. The molecule has 13 heteroatoms. The number of nitrogens with one attached hydrogen (secondary N) is 2. The summed E-state index contributed by atoms with van der Waals surface area (Å²) >= 11 is 0. The highest BCUT2D eigenvalue weighted by Crippen LogP contribution is 2.34. The zero-order chi connectivity index (χ0) is 41.2. The number of rotatable bonds is 13. The number of hydrogen-bond acceptors (Lipinski definition) is 8. The van der Waals surface area contributed by atoms with Crippen molar-refractivity contribution in [3.63, 3.8) is 0 Å². The summed E-state index contributed by atoms with van der Waals surface area (Å²) in [7, 11) is 3.52. The van der Waals surface area contributed by atoms with Crippen LogP contribution < -0.4 is 20.3 Å². The number of halogens is 3. The number of piperazine rings is 1. The second-order valence-electron chi connectivity index (χ2n) is 14.2. The average molecular weight is 794 g/mol. The van der Waals surface area contributed by atoms with Crippen LogP contribution in [0.1, 0.15) is 55.8 Å². The lowest BCUT2D eigenvalue weighted by atomic mass is 10.1. The number of amides is 2. The summed E-state index contributed by atoms with van der Waals surface area (Å²) in [5.41, 5.74) is 5.16. The number of aldehydes is 2. The molecule has 5 aromatic rings. The molecule has 0 radical (unpaired) electrons. The Morgan fingerprint density at radius 2 is 1.60 bits per heavy atom. The van der Waals surface area contributed by atoms with Crippen molar-refractivity contribution in [3.8, 4) is 11.5 Å². The van der Waals surface area contributed by atoms with E-state index in [1.165, 1.54) is 23.3 Å². The van der Waals surface area contributed by atoms with Crippen LogP contribution in [-0.4, -0.2) is 80.5 Å². The highest BCUT2D eigenvalue weighted by Gasteiger charge is 2.36. The van der Waals surface area contributed by atoms with Crippen LogP contribution in [0.3, 0.4) is 0 Å². The third kappa shape index (κ3) is 10.1. The van der Waals surface area contributed by atoms with E-state index in [-0.39, 0.29) is 18.2 Å². The van der Waals surface area contributed by atoms with Crippen LogP contribution >= 0.6 is 0 Å². The van der Waals surface area contributed by atoms with Gasteiger partial charge < -0.3 is 30.0 Å². The molecule has 5 aromatic carbocycles. The van der Waals surface area contributed by atoms with Crippen LogP contribution in [0.25, 0.3) is 10.8 Å². The molecule has 2 amide bonds. The Labute approximate surface area is 335 Å². The fourth-order valence-electron chi connectivity index (χ4n) is 7.34. The number of anilines is 1. The van der Waals surface area contributed by atoms with Crippen molar-refractivity contribution in [2.45, 2.75) is 44.7 Å². The number of carbonyl (C=O) groups excluding carboxylic acids is 4. The van der Waals surface area contributed by atoms with Crippen molar-refractivity contribution in [2.75, 3.05) is 45.2 Å². The molecule has 0 spiro atoms. The van der Waals surface area contributed by atoms with Crippen molar-refractivity contribution in [3.05, 3.63) is 137 Å². The Balaban J connectivity index is 0.000000213. The molecule has 1 atom stereocenters. The summed E-state index contributed by atoms with van der Waals surface area (Å²) in [5, 5.41) is 7.43. The van der Waals surface area contributed by atoms with E-state index in [1.807, 2.05) is 25.2 Å². The minimum absolute atomic E-state index is 0.142. The minimum Gasteiger partial charge on any atom is -0.457 e.